The van der Waals surface area contributed by atoms with E-state index in [2.05, 4.69) is 15.8 Å². The lowest BCUT2D eigenvalue weighted by Crippen LogP contribution is -2.23. The van der Waals surface area contributed by atoms with Crippen molar-refractivity contribution in [2.75, 3.05) is 5.32 Å². The van der Waals surface area contributed by atoms with E-state index >= 15 is 0 Å². The van der Waals surface area contributed by atoms with Crippen molar-refractivity contribution in [3.8, 4) is 0 Å². The summed E-state index contributed by atoms with van der Waals surface area (Å²) in [7, 11) is 0. The zero-order valence-electron chi connectivity index (χ0n) is 10.3. The smallest absolute Gasteiger partial charge is 0.191 e. The third-order valence-corrected chi connectivity index (χ3v) is 3.13. The number of thiocarbonyl (C=S) groups is 1. The Hall–Kier alpha value is -1.62. The summed E-state index contributed by atoms with van der Waals surface area (Å²) in [6.45, 7) is 0. The molecule has 0 aromatic heterocycles. The topological polar surface area (TPSA) is 36.4 Å². The van der Waals surface area contributed by atoms with Gasteiger partial charge >= 0.3 is 0 Å². The van der Waals surface area contributed by atoms with Gasteiger partial charge in [-0.25, -0.2) is 0 Å². The minimum atomic E-state index is 0.371. The molecule has 2 aromatic rings. The van der Waals surface area contributed by atoms with E-state index in [4.69, 9.17) is 35.4 Å². The van der Waals surface area contributed by atoms with Crippen molar-refractivity contribution in [3.05, 3.63) is 64.1 Å². The summed E-state index contributed by atoms with van der Waals surface area (Å²) in [6.07, 6.45) is 1.61. The number of hydrazone groups is 1. The largest absolute Gasteiger partial charge is 0.331 e. The quantitative estimate of drug-likeness (QED) is 0.502. The van der Waals surface area contributed by atoms with Crippen LogP contribution >= 0.6 is 35.4 Å². The fourth-order valence-electron chi connectivity index (χ4n) is 1.47. The number of halogens is 2. The summed E-state index contributed by atoms with van der Waals surface area (Å²) in [5.41, 5.74) is 4.32. The third-order valence-electron chi connectivity index (χ3n) is 2.36. The zero-order chi connectivity index (χ0) is 14.4. The van der Waals surface area contributed by atoms with E-state index in [1.54, 1.807) is 24.4 Å². The molecular formula is C14H11Cl2N3S. The van der Waals surface area contributed by atoms with Gasteiger partial charge in [0.2, 0.25) is 0 Å². The molecule has 6 heteroatoms. The van der Waals surface area contributed by atoms with Crippen LogP contribution in [0.4, 0.5) is 5.69 Å². The van der Waals surface area contributed by atoms with Crippen molar-refractivity contribution in [1.82, 2.24) is 5.43 Å². The van der Waals surface area contributed by atoms with Gasteiger partial charge in [0.15, 0.2) is 5.11 Å². The Bertz CT molecular complexity index is 644. The molecule has 0 aliphatic carbocycles. The lowest BCUT2D eigenvalue weighted by molar-refractivity contribution is 1.05. The van der Waals surface area contributed by atoms with E-state index < -0.39 is 0 Å². The molecule has 0 atom stereocenters. The molecule has 0 unspecified atom stereocenters. The van der Waals surface area contributed by atoms with Crippen molar-refractivity contribution >= 4 is 52.4 Å². The molecule has 0 aliphatic rings. The van der Waals surface area contributed by atoms with Crippen LogP contribution in [0, 0.1) is 0 Å². The van der Waals surface area contributed by atoms with Gasteiger partial charge in [-0.1, -0.05) is 47.5 Å². The van der Waals surface area contributed by atoms with E-state index in [1.165, 1.54) is 0 Å². The molecule has 0 saturated heterocycles. The number of nitrogens with zero attached hydrogens (tertiary/aromatic N) is 1. The minimum Gasteiger partial charge on any atom is -0.331 e. The van der Waals surface area contributed by atoms with Crippen molar-refractivity contribution in [2.24, 2.45) is 5.10 Å². The molecule has 102 valence electrons. The average molecular weight is 324 g/mol. The Morgan fingerprint density at radius 3 is 2.65 bits per heavy atom. The molecule has 0 spiro atoms. The lowest BCUT2D eigenvalue weighted by atomic mass is 10.2. The summed E-state index contributed by atoms with van der Waals surface area (Å²) in [5, 5.41) is 8.64. The number of hydrogen-bond donors (Lipinski definition) is 2. The second kappa shape index (κ2) is 7.24. The van der Waals surface area contributed by atoms with Gasteiger partial charge in [0.25, 0.3) is 0 Å². The molecule has 3 nitrogen and oxygen atoms in total. The van der Waals surface area contributed by atoms with E-state index in [1.807, 2.05) is 30.3 Å². The van der Waals surface area contributed by atoms with Gasteiger partial charge in [-0.05, 0) is 36.5 Å². The number of rotatable bonds is 3. The molecule has 0 saturated carbocycles. The summed E-state index contributed by atoms with van der Waals surface area (Å²) < 4.78 is 0. The number of nitrogens with one attached hydrogen (secondary N) is 2. The summed E-state index contributed by atoms with van der Waals surface area (Å²) in [5.74, 6) is 0. The van der Waals surface area contributed by atoms with Crippen molar-refractivity contribution < 1.29 is 0 Å². The van der Waals surface area contributed by atoms with Crippen LogP contribution in [-0.2, 0) is 0 Å². The van der Waals surface area contributed by atoms with Gasteiger partial charge in [0, 0.05) is 21.3 Å². The summed E-state index contributed by atoms with van der Waals surface area (Å²) >= 11 is 17.0. The summed E-state index contributed by atoms with van der Waals surface area (Å²) in [4.78, 5) is 0. The second-order valence-electron chi connectivity index (χ2n) is 3.86. The first-order valence-electron chi connectivity index (χ1n) is 5.75. The highest BCUT2D eigenvalue weighted by Gasteiger charge is 1.97. The van der Waals surface area contributed by atoms with E-state index in [0.29, 0.717) is 15.2 Å². The molecule has 0 radical (unpaired) electrons. The van der Waals surface area contributed by atoms with Gasteiger partial charge in [-0.15, -0.1) is 0 Å². The molecular weight excluding hydrogens is 313 g/mol. The van der Waals surface area contributed by atoms with Gasteiger partial charge in [-0.3, -0.25) is 5.43 Å². The number of benzene rings is 2. The van der Waals surface area contributed by atoms with Gasteiger partial charge in [-0.2, -0.15) is 5.10 Å². The minimum absolute atomic E-state index is 0.371. The van der Waals surface area contributed by atoms with Crippen LogP contribution in [0.25, 0.3) is 0 Å². The first kappa shape index (κ1) is 14.8. The average Bonchev–Trinajstić information content (AvgIpc) is 2.41. The van der Waals surface area contributed by atoms with Crippen molar-refractivity contribution in [3.63, 3.8) is 0 Å². The molecule has 0 heterocycles. The second-order valence-corrected chi connectivity index (χ2v) is 5.11. The van der Waals surface area contributed by atoms with Gasteiger partial charge < -0.3 is 5.32 Å². The highest BCUT2D eigenvalue weighted by molar-refractivity contribution is 7.80. The molecule has 0 bridgehead atoms. The molecule has 0 amide bonds. The van der Waals surface area contributed by atoms with E-state index in [-0.39, 0.29) is 0 Å². The van der Waals surface area contributed by atoms with Crippen molar-refractivity contribution in [1.29, 1.82) is 0 Å². The highest BCUT2D eigenvalue weighted by atomic mass is 35.5. The molecule has 2 N–H and O–H groups in total. The maximum atomic E-state index is 6.00. The maximum Gasteiger partial charge on any atom is 0.191 e. The Morgan fingerprint density at radius 2 is 1.90 bits per heavy atom. The van der Waals surface area contributed by atoms with Crippen LogP contribution < -0.4 is 10.7 Å². The van der Waals surface area contributed by atoms with Gasteiger partial charge in [0.05, 0.1) is 6.21 Å². The Morgan fingerprint density at radius 1 is 1.10 bits per heavy atom. The Kier molecular flexibility index (Phi) is 5.35. The zero-order valence-corrected chi connectivity index (χ0v) is 12.6. The van der Waals surface area contributed by atoms with E-state index in [9.17, 15) is 0 Å². The first-order valence-corrected chi connectivity index (χ1v) is 6.92. The lowest BCUT2D eigenvalue weighted by Gasteiger charge is -2.07. The number of hydrogen-bond acceptors (Lipinski definition) is 2. The molecule has 2 rings (SSSR count). The number of anilines is 1. The standard InChI is InChI=1S/C14H11Cl2N3S/c15-11-5-3-6-12(8-11)18-14(20)19-17-9-10-4-1-2-7-13(10)16/h1-9H,(H2,18,19,20). The van der Waals surface area contributed by atoms with E-state index in [0.717, 1.165) is 11.3 Å². The molecule has 0 fully saturated rings. The summed E-state index contributed by atoms with van der Waals surface area (Å²) in [6, 6.07) is 14.7. The van der Waals surface area contributed by atoms with Crippen molar-refractivity contribution in [2.45, 2.75) is 0 Å². The van der Waals surface area contributed by atoms with Crippen LogP contribution in [-0.4, -0.2) is 11.3 Å². The first-order chi connectivity index (χ1) is 9.65. The Balaban J connectivity index is 1.91. The predicted molar refractivity (Wildman–Crippen MR) is 89.9 cm³/mol. The van der Waals surface area contributed by atoms with Crippen LogP contribution in [0.1, 0.15) is 5.56 Å². The normalized spacial score (nSPS) is 10.5. The van der Waals surface area contributed by atoms with Crippen LogP contribution in [0.3, 0.4) is 0 Å². The monoisotopic (exact) mass is 323 g/mol. The maximum absolute atomic E-state index is 6.00. The van der Waals surface area contributed by atoms with Gasteiger partial charge in [0.1, 0.15) is 0 Å². The van der Waals surface area contributed by atoms with Crippen LogP contribution in [0.2, 0.25) is 10.0 Å². The fourth-order valence-corrected chi connectivity index (χ4v) is 2.01. The molecule has 2 aromatic carbocycles. The molecule has 20 heavy (non-hydrogen) atoms. The van der Waals surface area contributed by atoms with Crippen LogP contribution in [0.15, 0.2) is 53.6 Å². The third kappa shape index (κ3) is 4.49. The highest BCUT2D eigenvalue weighted by Crippen LogP contribution is 2.14. The van der Waals surface area contributed by atoms with Crippen LogP contribution in [0.5, 0.6) is 0 Å². The predicted octanol–water partition coefficient (Wildman–Crippen LogP) is 4.31. The molecule has 0 aliphatic heterocycles. The SMILES string of the molecule is S=C(NN=Cc1ccccc1Cl)Nc1cccc(Cl)c1. The Labute approximate surface area is 132 Å². The fraction of sp³-hybridized carbons (Fsp3) is 0.